The largest absolute Gasteiger partial charge is 0.494 e. The zero-order chi connectivity index (χ0) is 18.8. The van der Waals surface area contributed by atoms with Gasteiger partial charge in [0.15, 0.2) is 0 Å². The number of rotatable bonds is 5. The molecule has 1 amide bonds. The first-order valence-corrected chi connectivity index (χ1v) is 8.28. The van der Waals surface area contributed by atoms with Gasteiger partial charge in [0.25, 0.3) is 5.91 Å². The highest BCUT2D eigenvalue weighted by molar-refractivity contribution is 6.03. The maximum absolute atomic E-state index is 13.6. The molecule has 6 nitrogen and oxygen atoms in total. The molecule has 0 saturated heterocycles. The Bertz CT molecular complexity index is 1100. The van der Waals surface area contributed by atoms with E-state index in [4.69, 9.17) is 9.15 Å². The zero-order valence-corrected chi connectivity index (χ0v) is 14.5. The molecule has 0 spiro atoms. The Balaban J connectivity index is 1.73. The van der Waals surface area contributed by atoms with Gasteiger partial charge in [-0.2, -0.15) is 5.10 Å². The standard InChI is InChI=1S/C20H16FN3O3/c1-26-17-10-13(20(25)22-11-15-6-3-7-27-15)9-16-18(23-24-19(16)17)12-4-2-5-14(21)8-12/h2-10H,11H2,1H3,(H,22,25)(H,23,24). The molecule has 0 bridgehead atoms. The molecule has 2 aromatic heterocycles. The molecule has 0 unspecified atom stereocenters. The number of ether oxygens (including phenoxy) is 1. The van der Waals surface area contributed by atoms with Crippen LogP contribution < -0.4 is 10.1 Å². The number of nitrogens with one attached hydrogen (secondary N) is 2. The van der Waals surface area contributed by atoms with Crippen molar-refractivity contribution >= 4 is 16.8 Å². The Labute approximate surface area is 154 Å². The van der Waals surface area contributed by atoms with Gasteiger partial charge in [-0.05, 0) is 36.4 Å². The van der Waals surface area contributed by atoms with Crippen LogP contribution in [0.4, 0.5) is 4.39 Å². The van der Waals surface area contributed by atoms with E-state index in [2.05, 4.69) is 15.5 Å². The highest BCUT2D eigenvalue weighted by Crippen LogP contribution is 2.33. The first-order chi connectivity index (χ1) is 13.2. The van der Waals surface area contributed by atoms with Crippen molar-refractivity contribution in [3.8, 4) is 17.0 Å². The van der Waals surface area contributed by atoms with E-state index in [1.807, 2.05) is 0 Å². The molecule has 27 heavy (non-hydrogen) atoms. The van der Waals surface area contributed by atoms with Crippen LogP contribution in [0.5, 0.6) is 5.75 Å². The molecule has 0 fully saturated rings. The number of methoxy groups -OCH3 is 1. The number of halogens is 1. The lowest BCUT2D eigenvalue weighted by atomic mass is 10.0. The van der Waals surface area contributed by atoms with Crippen LogP contribution in [0.2, 0.25) is 0 Å². The van der Waals surface area contributed by atoms with E-state index in [1.165, 1.54) is 19.2 Å². The van der Waals surface area contributed by atoms with Gasteiger partial charge >= 0.3 is 0 Å². The first kappa shape index (κ1) is 16.8. The number of furan rings is 1. The number of hydrogen-bond acceptors (Lipinski definition) is 4. The number of amides is 1. The third kappa shape index (κ3) is 3.27. The summed E-state index contributed by atoms with van der Waals surface area (Å²) in [6.45, 7) is 0.272. The number of aromatic nitrogens is 2. The van der Waals surface area contributed by atoms with Crippen LogP contribution in [-0.4, -0.2) is 23.2 Å². The minimum Gasteiger partial charge on any atom is -0.494 e. The monoisotopic (exact) mass is 365 g/mol. The van der Waals surface area contributed by atoms with E-state index in [-0.39, 0.29) is 18.3 Å². The Morgan fingerprint density at radius 1 is 1.26 bits per heavy atom. The smallest absolute Gasteiger partial charge is 0.251 e. The molecule has 2 aromatic carbocycles. The van der Waals surface area contributed by atoms with Crippen LogP contribution in [0.3, 0.4) is 0 Å². The minimum atomic E-state index is -0.358. The lowest BCUT2D eigenvalue weighted by Crippen LogP contribution is -2.22. The number of hydrogen-bond donors (Lipinski definition) is 2. The summed E-state index contributed by atoms with van der Waals surface area (Å²) in [6, 6.07) is 13.0. The number of fused-ring (bicyclic) bond motifs is 1. The molecule has 2 heterocycles. The van der Waals surface area contributed by atoms with Gasteiger partial charge in [0, 0.05) is 16.5 Å². The fourth-order valence-electron chi connectivity index (χ4n) is 2.92. The summed E-state index contributed by atoms with van der Waals surface area (Å²) in [7, 11) is 1.52. The van der Waals surface area contributed by atoms with Gasteiger partial charge in [-0.15, -0.1) is 0 Å². The molecule has 0 aliphatic carbocycles. The van der Waals surface area contributed by atoms with Crippen LogP contribution in [0.15, 0.2) is 59.2 Å². The molecular formula is C20H16FN3O3. The molecule has 4 aromatic rings. The van der Waals surface area contributed by atoms with Crippen LogP contribution in [0.1, 0.15) is 16.1 Å². The Kier molecular flexibility index (Phi) is 4.33. The predicted molar refractivity (Wildman–Crippen MR) is 97.9 cm³/mol. The van der Waals surface area contributed by atoms with Gasteiger partial charge < -0.3 is 14.5 Å². The topological polar surface area (TPSA) is 80.2 Å². The average Bonchev–Trinajstić information content (AvgIpc) is 3.34. The van der Waals surface area contributed by atoms with Gasteiger partial charge in [0.1, 0.15) is 28.5 Å². The number of H-pyrrole nitrogens is 1. The van der Waals surface area contributed by atoms with E-state index >= 15 is 0 Å². The van der Waals surface area contributed by atoms with E-state index in [1.54, 1.807) is 42.7 Å². The van der Waals surface area contributed by atoms with Crippen LogP contribution in [-0.2, 0) is 6.54 Å². The summed E-state index contributed by atoms with van der Waals surface area (Å²) in [6.07, 6.45) is 1.55. The highest BCUT2D eigenvalue weighted by atomic mass is 19.1. The fourth-order valence-corrected chi connectivity index (χ4v) is 2.92. The van der Waals surface area contributed by atoms with Gasteiger partial charge in [-0.25, -0.2) is 4.39 Å². The third-order valence-electron chi connectivity index (χ3n) is 4.22. The lowest BCUT2D eigenvalue weighted by Gasteiger charge is -2.08. The highest BCUT2D eigenvalue weighted by Gasteiger charge is 2.17. The number of nitrogens with zero attached hydrogens (tertiary/aromatic N) is 1. The maximum Gasteiger partial charge on any atom is 0.251 e. The summed E-state index contributed by atoms with van der Waals surface area (Å²) in [5, 5.41) is 10.7. The molecule has 0 aliphatic rings. The van der Waals surface area contributed by atoms with Crippen molar-refractivity contribution in [1.29, 1.82) is 0 Å². The average molecular weight is 365 g/mol. The quantitative estimate of drug-likeness (QED) is 0.562. The number of aromatic amines is 1. The van der Waals surface area contributed by atoms with E-state index in [0.29, 0.717) is 39.2 Å². The van der Waals surface area contributed by atoms with E-state index in [9.17, 15) is 9.18 Å². The summed E-state index contributed by atoms with van der Waals surface area (Å²) >= 11 is 0. The van der Waals surface area contributed by atoms with Crippen LogP contribution in [0, 0.1) is 5.82 Å². The van der Waals surface area contributed by atoms with Gasteiger partial charge in [0.05, 0.1) is 19.9 Å². The summed E-state index contributed by atoms with van der Waals surface area (Å²) in [5.74, 6) is 0.493. The number of carbonyl (C=O) groups excluding carboxylic acids is 1. The fraction of sp³-hybridized carbons (Fsp3) is 0.100. The van der Waals surface area contributed by atoms with Crippen LogP contribution >= 0.6 is 0 Å². The second kappa shape index (κ2) is 6.95. The molecule has 7 heteroatoms. The molecule has 0 saturated carbocycles. The summed E-state index contributed by atoms with van der Waals surface area (Å²) < 4.78 is 24.2. The maximum atomic E-state index is 13.6. The van der Waals surface area contributed by atoms with E-state index < -0.39 is 0 Å². The number of benzene rings is 2. The summed E-state index contributed by atoms with van der Waals surface area (Å²) in [4.78, 5) is 12.6. The van der Waals surface area contributed by atoms with Gasteiger partial charge in [-0.1, -0.05) is 12.1 Å². The molecule has 4 rings (SSSR count). The molecule has 0 aliphatic heterocycles. The molecule has 0 atom stereocenters. The normalized spacial score (nSPS) is 10.9. The predicted octanol–water partition coefficient (Wildman–Crippen LogP) is 3.90. The van der Waals surface area contributed by atoms with Crippen molar-refractivity contribution < 1.29 is 18.3 Å². The molecule has 2 N–H and O–H groups in total. The summed E-state index contributed by atoms with van der Waals surface area (Å²) in [5.41, 5.74) is 2.20. The van der Waals surface area contributed by atoms with Crippen molar-refractivity contribution in [2.24, 2.45) is 0 Å². The second-order valence-electron chi connectivity index (χ2n) is 5.95. The van der Waals surface area contributed by atoms with Crippen molar-refractivity contribution in [3.63, 3.8) is 0 Å². The lowest BCUT2D eigenvalue weighted by molar-refractivity contribution is 0.0948. The van der Waals surface area contributed by atoms with Crippen molar-refractivity contribution in [3.05, 3.63) is 71.9 Å². The van der Waals surface area contributed by atoms with Crippen LogP contribution in [0.25, 0.3) is 22.2 Å². The second-order valence-corrected chi connectivity index (χ2v) is 5.95. The van der Waals surface area contributed by atoms with Crippen molar-refractivity contribution in [2.45, 2.75) is 6.54 Å². The molecule has 0 radical (unpaired) electrons. The van der Waals surface area contributed by atoms with Gasteiger partial charge in [0.2, 0.25) is 0 Å². The zero-order valence-electron chi connectivity index (χ0n) is 14.5. The van der Waals surface area contributed by atoms with Gasteiger partial charge in [-0.3, -0.25) is 9.89 Å². The Morgan fingerprint density at radius 3 is 2.89 bits per heavy atom. The van der Waals surface area contributed by atoms with E-state index in [0.717, 1.165) is 0 Å². The molecule has 136 valence electrons. The first-order valence-electron chi connectivity index (χ1n) is 8.28. The Hall–Kier alpha value is -3.61. The number of carbonyl (C=O) groups is 1. The minimum absolute atomic E-state index is 0.272. The molecular weight excluding hydrogens is 349 g/mol. The van der Waals surface area contributed by atoms with Crippen molar-refractivity contribution in [2.75, 3.05) is 7.11 Å². The third-order valence-corrected chi connectivity index (χ3v) is 4.22. The SMILES string of the molecule is COc1cc(C(=O)NCc2ccco2)cc2c(-c3cccc(F)c3)n[nH]c12. The van der Waals surface area contributed by atoms with Crippen molar-refractivity contribution in [1.82, 2.24) is 15.5 Å². The Morgan fingerprint density at radius 2 is 2.15 bits per heavy atom.